The average Bonchev–Trinajstić information content (AvgIpc) is 2.94. The van der Waals surface area contributed by atoms with Crippen molar-refractivity contribution in [3.8, 4) is 17.2 Å². The van der Waals surface area contributed by atoms with E-state index in [1.54, 1.807) is 38.5 Å². The van der Waals surface area contributed by atoms with Crippen LogP contribution < -0.4 is 24.4 Å². The zero-order valence-electron chi connectivity index (χ0n) is 23.2. The first-order chi connectivity index (χ1) is 19.3. The van der Waals surface area contributed by atoms with Crippen LogP contribution in [0.1, 0.15) is 11.1 Å². The molecule has 11 nitrogen and oxygen atoms in total. The first-order valence-electron chi connectivity index (χ1n) is 12.9. The molecular formula is C28H35ClN6O5. The Morgan fingerprint density at radius 1 is 1.10 bits per heavy atom. The summed E-state index contributed by atoms with van der Waals surface area (Å²) < 4.78 is 17.3. The highest BCUT2D eigenvalue weighted by atomic mass is 35.5. The van der Waals surface area contributed by atoms with Gasteiger partial charge in [-0.2, -0.15) is 4.98 Å². The van der Waals surface area contributed by atoms with Crippen molar-refractivity contribution in [1.29, 1.82) is 0 Å². The summed E-state index contributed by atoms with van der Waals surface area (Å²) in [4.78, 5) is 26.7. The first kappa shape index (κ1) is 29.2. The van der Waals surface area contributed by atoms with E-state index in [1.807, 2.05) is 13.0 Å². The SMILES string of the molecule is COc1cc(Nc2nccc(N(Cc3cc(Cl)ccc3C)C(=O)O)n2)cc(OC)c1OCCN1CCN(C)CC1. The molecule has 1 fully saturated rings. The molecule has 4 rings (SSSR count). The van der Waals surface area contributed by atoms with Gasteiger partial charge in [-0.05, 0) is 43.3 Å². The molecule has 0 aliphatic carbocycles. The van der Waals surface area contributed by atoms with Gasteiger partial charge in [0, 0.05) is 61.8 Å². The lowest BCUT2D eigenvalue weighted by Gasteiger charge is -2.32. The van der Waals surface area contributed by atoms with E-state index in [0.29, 0.717) is 34.6 Å². The predicted octanol–water partition coefficient (Wildman–Crippen LogP) is 4.51. The maximum atomic E-state index is 12.1. The average molecular weight is 571 g/mol. The number of likely N-dealkylation sites (N-methyl/N-ethyl adjacent to an activating group) is 1. The van der Waals surface area contributed by atoms with Gasteiger partial charge in [0.25, 0.3) is 0 Å². The van der Waals surface area contributed by atoms with Crippen LogP contribution in [0.5, 0.6) is 17.2 Å². The van der Waals surface area contributed by atoms with E-state index in [4.69, 9.17) is 25.8 Å². The highest BCUT2D eigenvalue weighted by Crippen LogP contribution is 2.41. The minimum atomic E-state index is -1.15. The fraction of sp³-hybridized carbons (Fsp3) is 0.393. The number of ether oxygens (including phenoxy) is 3. The third-order valence-electron chi connectivity index (χ3n) is 6.75. The van der Waals surface area contributed by atoms with Crippen molar-refractivity contribution >= 4 is 35.1 Å². The van der Waals surface area contributed by atoms with Crippen LogP contribution in [0.25, 0.3) is 0 Å². The molecule has 1 aromatic heterocycles. The van der Waals surface area contributed by atoms with E-state index in [1.165, 1.54) is 12.3 Å². The Morgan fingerprint density at radius 3 is 2.45 bits per heavy atom. The molecule has 40 heavy (non-hydrogen) atoms. The van der Waals surface area contributed by atoms with Crippen molar-refractivity contribution in [3.63, 3.8) is 0 Å². The largest absolute Gasteiger partial charge is 0.493 e. The van der Waals surface area contributed by atoms with Gasteiger partial charge in [-0.1, -0.05) is 17.7 Å². The molecule has 0 spiro atoms. The van der Waals surface area contributed by atoms with Gasteiger partial charge in [-0.15, -0.1) is 0 Å². The molecule has 1 aliphatic rings. The Bertz CT molecular complexity index is 1290. The molecule has 1 aliphatic heterocycles. The normalized spacial score (nSPS) is 14.0. The number of benzene rings is 2. The Hall–Kier alpha value is -3.80. The molecule has 0 unspecified atom stereocenters. The fourth-order valence-electron chi connectivity index (χ4n) is 4.36. The van der Waals surface area contributed by atoms with Crippen molar-refractivity contribution in [1.82, 2.24) is 19.8 Å². The lowest BCUT2D eigenvalue weighted by Crippen LogP contribution is -2.45. The van der Waals surface area contributed by atoms with Crippen molar-refractivity contribution < 1.29 is 24.1 Å². The smallest absolute Gasteiger partial charge is 0.413 e. The molecule has 12 heteroatoms. The fourth-order valence-corrected chi connectivity index (χ4v) is 4.55. The summed E-state index contributed by atoms with van der Waals surface area (Å²) in [5.74, 6) is 1.90. The number of methoxy groups -OCH3 is 2. The van der Waals surface area contributed by atoms with E-state index in [9.17, 15) is 9.90 Å². The highest BCUT2D eigenvalue weighted by Gasteiger charge is 2.20. The number of nitrogens with one attached hydrogen (secondary N) is 1. The van der Waals surface area contributed by atoms with Crippen molar-refractivity contribution in [2.75, 3.05) is 70.8 Å². The van der Waals surface area contributed by atoms with Crippen LogP contribution in [0.2, 0.25) is 5.02 Å². The number of anilines is 3. The molecular weight excluding hydrogens is 536 g/mol. The van der Waals surface area contributed by atoms with Gasteiger partial charge in [0.05, 0.1) is 20.8 Å². The second-order valence-corrected chi connectivity index (χ2v) is 9.94. The number of hydrogen-bond acceptors (Lipinski definition) is 9. The topological polar surface area (TPSA) is 113 Å². The standard InChI is InChI=1S/C28H35ClN6O5/c1-19-5-6-21(29)15-20(19)18-35(28(36)37)25-7-8-30-27(32-25)31-22-16-23(38-3)26(24(17-22)39-4)40-14-13-34-11-9-33(2)10-12-34/h5-8,15-17H,9-14,18H2,1-4H3,(H,36,37)(H,30,31,32). The van der Waals surface area contributed by atoms with Crippen LogP contribution >= 0.6 is 11.6 Å². The van der Waals surface area contributed by atoms with E-state index >= 15 is 0 Å². The summed E-state index contributed by atoms with van der Waals surface area (Å²) in [7, 11) is 5.25. The van der Waals surface area contributed by atoms with Gasteiger partial charge < -0.3 is 29.5 Å². The Morgan fingerprint density at radius 2 is 1.80 bits per heavy atom. The summed E-state index contributed by atoms with van der Waals surface area (Å²) in [6.45, 7) is 7.38. The summed E-state index contributed by atoms with van der Waals surface area (Å²) >= 11 is 6.14. The van der Waals surface area contributed by atoms with Gasteiger partial charge in [0.15, 0.2) is 11.5 Å². The Labute approximate surface area is 239 Å². The molecule has 2 heterocycles. The number of halogens is 1. The van der Waals surface area contributed by atoms with Gasteiger partial charge >= 0.3 is 6.09 Å². The molecule has 0 atom stereocenters. The third kappa shape index (κ3) is 7.44. The first-order valence-corrected chi connectivity index (χ1v) is 13.3. The molecule has 2 N–H and O–H groups in total. The van der Waals surface area contributed by atoms with Gasteiger partial charge in [0.2, 0.25) is 11.7 Å². The summed E-state index contributed by atoms with van der Waals surface area (Å²) in [5.41, 5.74) is 2.29. The van der Waals surface area contributed by atoms with Crippen LogP contribution in [0, 0.1) is 6.92 Å². The number of hydrogen-bond donors (Lipinski definition) is 2. The zero-order valence-corrected chi connectivity index (χ0v) is 23.9. The van der Waals surface area contributed by atoms with Crippen molar-refractivity contribution in [2.45, 2.75) is 13.5 Å². The molecule has 0 radical (unpaired) electrons. The molecule has 2 aromatic carbocycles. The van der Waals surface area contributed by atoms with Crippen LogP contribution in [-0.4, -0.2) is 91.6 Å². The van der Waals surface area contributed by atoms with Gasteiger partial charge in [-0.3, -0.25) is 9.80 Å². The van der Waals surface area contributed by atoms with Crippen LogP contribution in [0.3, 0.4) is 0 Å². The number of carbonyl (C=O) groups is 1. The highest BCUT2D eigenvalue weighted by molar-refractivity contribution is 6.30. The van der Waals surface area contributed by atoms with Crippen LogP contribution in [0.4, 0.5) is 22.2 Å². The zero-order chi connectivity index (χ0) is 28.6. The number of nitrogens with zero attached hydrogens (tertiary/aromatic N) is 5. The predicted molar refractivity (Wildman–Crippen MR) is 155 cm³/mol. The molecule has 1 amide bonds. The van der Waals surface area contributed by atoms with E-state index in [0.717, 1.165) is 48.8 Å². The summed E-state index contributed by atoms with van der Waals surface area (Å²) in [6, 6.07) is 10.4. The minimum Gasteiger partial charge on any atom is -0.493 e. The van der Waals surface area contributed by atoms with Crippen molar-refractivity contribution in [3.05, 3.63) is 58.7 Å². The van der Waals surface area contributed by atoms with E-state index in [-0.39, 0.29) is 18.3 Å². The van der Waals surface area contributed by atoms with E-state index in [2.05, 4.69) is 32.1 Å². The molecule has 0 saturated carbocycles. The summed E-state index contributed by atoms with van der Waals surface area (Å²) in [6.07, 6.45) is 0.348. The second kappa shape index (κ2) is 13.5. The number of carboxylic acid groups (broad SMARTS) is 1. The van der Waals surface area contributed by atoms with Crippen LogP contribution in [0.15, 0.2) is 42.6 Å². The number of piperazine rings is 1. The maximum Gasteiger partial charge on any atom is 0.413 e. The number of rotatable bonds is 11. The quantitative estimate of drug-likeness (QED) is 0.341. The molecule has 214 valence electrons. The number of aryl methyl sites for hydroxylation is 1. The van der Waals surface area contributed by atoms with Gasteiger partial charge in [-0.25, -0.2) is 9.78 Å². The lowest BCUT2D eigenvalue weighted by molar-refractivity contribution is 0.131. The minimum absolute atomic E-state index is 0.0833. The molecule has 1 saturated heterocycles. The van der Waals surface area contributed by atoms with E-state index < -0.39 is 6.09 Å². The number of aromatic nitrogens is 2. The molecule has 3 aromatic rings. The lowest BCUT2D eigenvalue weighted by atomic mass is 10.1. The maximum absolute atomic E-state index is 12.1. The van der Waals surface area contributed by atoms with Gasteiger partial charge in [0.1, 0.15) is 12.4 Å². The molecule has 0 bridgehead atoms. The summed E-state index contributed by atoms with van der Waals surface area (Å²) in [5, 5.41) is 13.6. The van der Waals surface area contributed by atoms with Crippen LogP contribution in [-0.2, 0) is 6.54 Å². The number of amides is 1. The second-order valence-electron chi connectivity index (χ2n) is 9.51. The van der Waals surface area contributed by atoms with Crippen molar-refractivity contribution in [2.24, 2.45) is 0 Å². The third-order valence-corrected chi connectivity index (χ3v) is 6.99. The monoisotopic (exact) mass is 570 g/mol. The Kier molecular flexibility index (Phi) is 9.86. The Balaban J connectivity index is 1.49.